The van der Waals surface area contributed by atoms with Gasteiger partial charge >= 0.3 is 6.03 Å². The molecule has 204 valence electrons. The summed E-state index contributed by atoms with van der Waals surface area (Å²) >= 11 is 0. The predicted octanol–water partition coefficient (Wildman–Crippen LogP) is 7.04. The first-order valence-electron chi connectivity index (χ1n) is 13.6. The van der Waals surface area contributed by atoms with Crippen LogP contribution >= 0.6 is 0 Å². The van der Waals surface area contributed by atoms with Crippen molar-refractivity contribution in [3.05, 3.63) is 112 Å². The van der Waals surface area contributed by atoms with Crippen molar-refractivity contribution in [1.82, 2.24) is 4.90 Å². The second-order valence-corrected chi connectivity index (χ2v) is 11.9. The van der Waals surface area contributed by atoms with Crippen LogP contribution in [0.3, 0.4) is 0 Å². The van der Waals surface area contributed by atoms with Crippen molar-refractivity contribution < 1.29 is 18.8 Å². The van der Waals surface area contributed by atoms with Gasteiger partial charge in [0.15, 0.2) is 0 Å². The van der Waals surface area contributed by atoms with E-state index in [-0.39, 0.29) is 11.0 Å². The van der Waals surface area contributed by atoms with Crippen LogP contribution in [0.15, 0.2) is 88.9 Å². The molecular formula is C34H29N3O4. The number of nitrogens with zero attached hydrogens (tertiary/aromatic N) is 3. The number of furan rings is 1. The third kappa shape index (κ3) is 3.29. The van der Waals surface area contributed by atoms with Crippen LogP contribution in [0.25, 0.3) is 6.08 Å². The number of rotatable bonds is 2. The van der Waals surface area contributed by atoms with E-state index in [9.17, 15) is 14.4 Å². The second kappa shape index (κ2) is 8.30. The summed E-state index contributed by atoms with van der Waals surface area (Å²) in [5.41, 5.74) is 6.27. The van der Waals surface area contributed by atoms with E-state index in [2.05, 4.69) is 69.0 Å². The number of fused-ring (bicyclic) bond motifs is 4. The molecule has 3 aliphatic rings. The molecule has 7 rings (SSSR count). The van der Waals surface area contributed by atoms with Crippen LogP contribution in [0.1, 0.15) is 55.7 Å². The molecule has 0 aliphatic carbocycles. The average Bonchev–Trinajstić information content (AvgIpc) is 3.39. The number of para-hydroxylation sites is 3. The molecule has 0 atom stereocenters. The normalized spacial score (nSPS) is 19.3. The minimum Gasteiger partial charge on any atom is -0.440 e. The topological polar surface area (TPSA) is 74.1 Å². The first-order chi connectivity index (χ1) is 19.5. The molecule has 0 saturated carbocycles. The van der Waals surface area contributed by atoms with Gasteiger partial charge in [-0.05, 0) is 47.0 Å². The maximum Gasteiger partial charge on any atom is 0.338 e. The highest BCUT2D eigenvalue weighted by Gasteiger charge is 2.47. The lowest BCUT2D eigenvalue weighted by Crippen LogP contribution is -2.55. The Hall–Kier alpha value is -4.91. The smallest absolute Gasteiger partial charge is 0.338 e. The number of hydrogen-bond acceptors (Lipinski definition) is 5. The molecule has 7 nitrogen and oxygen atoms in total. The minimum atomic E-state index is -0.696. The lowest BCUT2D eigenvalue weighted by Gasteiger charge is -2.47. The molecule has 4 amide bonds. The Morgan fingerprint density at radius 3 is 2.00 bits per heavy atom. The van der Waals surface area contributed by atoms with E-state index >= 15 is 0 Å². The van der Waals surface area contributed by atoms with Crippen LogP contribution in [-0.2, 0) is 20.4 Å². The average molecular weight is 544 g/mol. The number of hydrogen-bond donors (Lipinski definition) is 0. The maximum absolute atomic E-state index is 13.6. The molecule has 1 aromatic heterocycles. The van der Waals surface area contributed by atoms with Crippen LogP contribution in [-0.4, -0.2) is 29.8 Å². The zero-order valence-electron chi connectivity index (χ0n) is 23.6. The van der Waals surface area contributed by atoms with E-state index in [0.717, 1.165) is 26.7 Å². The van der Waals surface area contributed by atoms with Gasteiger partial charge < -0.3 is 4.42 Å². The largest absolute Gasteiger partial charge is 0.440 e. The summed E-state index contributed by atoms with van der Waals surface area (Å²) in [5, 5.41) is 0. The van der Waals surface area contributed by atoms with Crippen molar-refractivity contribution in [2.24, 2.45) is 0 Å². The number of urea groups is 1. The Kier molecular flexibility index (Phi) is 5.08. The molecular weight excluding hydrogens is 514 g/mol. The first kappa shape index (κ1) is 25.1. The van der Waals surface area contributed by atoms with Crippen molar-refractivity contribution in [3.8, 4) is 0 Å². The highest BCUT2D eigenvalue weighted by Crippen LogP contribution is 2.60. The monoisotopic (exact) mass is 543 g/mol. The SMILES string of the molecule is CN1C(=O)/C(=C\c2cc3c(o2)N2c4ccccc4C(C)(C)c4cccc(c42)C3(C)C)C(=O)N(c2ccccc2)C1=O. The van der Waals surface area contributed by atoms with Gasteiger partial charge in [-0.3, -0.25) is 19.4 Å². The summed E-state index contributed by atoms with van der Waals surface area (Å²) in [6.45, 7) is 8.82. The first-order valence-corrected chi connectivity index (χ1v) is 13.6. The Morgan fingerprint density at radius 1 is 0.683 bits per heavy atom. The molecule has 41 heavy (non-hydrogen) atoms. The van der Waals surface area contributed by atoms with Crippen molar-refractivity contribution in [2.75, 3.05) is 16.8 Å². The quantitative estimate of drug-likeness (QED) is 0.200. The lowest BCUT2D eigenvalue weighted by molar-refractivity contribution is -0.128. The summed E-state index contributed by atoms with van der Waals surface area (Å²) in [6.07, 6.45) is 1.46. The van der Waals surface area contributed by atoms with E-state index in [4.69, 9.17) is 4.42 Å². The Labute approximate surface area is 238 Å². The van der Waals surface area contributed by atoms with Gasteiger partial charge in [-0.15, -0.1) is 0 Å². The third-order valence-corrected chi connectivity index (χ3v) is 8.78. The fourth-order valence-electron chi connectivity index (χ4n) is 6.48. The van der Waals surface area contributed by atoms with Gasteiger partial charge in [0.25, 0.3) is 11.8 Å². The van der Waals surface area contributed by atoms with Crippen molar-refractivity contribution >= 4 is 46.9 Å². The summed E-state index contributed by atoms with van der Waals surface area (Å²) < 4.78 is 6.54. The third-order valence-electron chi connectivity index (χ3n) is 8.78. The summed E-state index contributed by atoms with van der Waals surface area (Å²) in [4.78, 5) is 43.9. The fourth-order valence-corrected chi connectivity index (χ4v) is 6.48. The van der Waals surface area contributed by atoms with E-state index in [1.54, 1.807) is 30.3 Å². The minimum absolute atomic E-state index is 0.141. The van der Waals surface area contributed by atoms with E-state index < -0.39 is 23.3 Å². The number of carbonyl (C=O) groups is 3. The van der Waals surface area contributed by atoms with Crippen molar-refractivity contribution in [2.45, 2.75) is 38.5 Å². The fraction of sp³-hybridized carbons (Fsp3) is 0.206. The second-order valence-electron chi connectivity index (χ2n) is 11.9. The Morgan fingerprint density at radius 2 is 1.29 bits per heavy atom. The molecule has 0 bridgehead atoms. The standard InChI is InChI=1S/C34H29N3O4/c1-33(2)23-14-9-10-17-27(23)37-28-24(33)15-11-16-25(28)34(3,4)26-19-21(41-31(26)37)18-22-29(38)35(5)32(40)36(30(22)39)20-12-7-6-8-13-20/h6-19H,1-5H3/b22-18+. The molecule has 4 heterocycles. The van der Waals surface area contributed by atoms with Gasteiger partial charge in [0.2, 0.25) is 5.88 Å². The molecule has 0 spiro atoms. The molecule has 0 radical (unpaired) electrons. The zero-order valence-corrected chi connectivity index (χ0v) is 23.6. The van der Waals surface area contributed by atoms with Gasteiger partial charge in [-0.1, -0.05) is 82.3 Å². The number of anilines is 4. The van der Waals surface area contributed by atoms with Gasteiger partial charge in [0.05, 0.1) is 17.1 Å². The number of carbonyl (C=O) groups excluding carboxylic acids is 3. The van der Waals surface area contributed by atoms with Gasteiger partial charge in [-0.2, -0.15) is 0 Å². The zero-order chi connectivity index (χ0) is 28.8. The van der Waals surface area contributed by atoms with Gasteiger partial charge in [0.1, 0.15) is 11.3 Å². The maximum atomic E-state index is 13.6. The molecule has 7 heteroatoms. The van der Waals surface area contributed by atoms with Crippen molar-refractivity contribution in [1.29, 1.82) is 0 Å². The molecule has 0 N–H and O–H groups in total. The number of likely N-dealkylation sites (N-methyl/N-ethyl adjacent to an activating group) is 1. The number of imide groups is 2. The Bertz CT molecular complexity index is 1830. The molecule has 1 saturated heterocycles. The van der Waals surface area contributed by atoms with Gasteiger partial charge in [-0.25, -0.2) is 9.69 Å². The summed E-state index contributed by atoms with van der Waals surface area (Å²) in [7, 11) is 1.38. The highest BCUT2D eigenvalue weighted by atomic mass is 16.4. The van der Waals surface area contributed by atoms with Crippen molar-refractivity contribution in [3.63, 3.8) is 0 Å². The predicted molar refractivity (Wildman–Crippen MR) is 158 cm³/mol. The Balaban J connectivity index is 1.41. The number of benzene rings is 3. The molecule has 3 aromatic carbocycles. The van der Waals surface area contributed by atoms with Crippen LogP contribution in [0, 0.1) is 0 Å². The molecule has 4 aromatic rings. The summed E-state index contributed by atoms with van der Waals surface area (Å²) in [5.74, 6) is -0.331. The number of barbiturate groups is 1. The highest BCUT2D eigenvalue weighted by molar-refractivity contribution is 6.38. The van der Waals surface area contributed by atoms with Crippen LogP contribution in [0.4, 0.5) is 27.7 Å². The van der Waals surface area contributed by atoms with E-state index in [1.807, 2.05) is 12.1 Å². The summed E-state index contributed by atoms with van der Waals surface area (Å²) in [6, 6.07) is 24.6. The molecule has 0 unspecified atom stereocenters. The molecule has 1 fully saturated rings. The lowest BCUT2D eigenvalue weighted by atomic mass is 9.67. The van der Waals surface area contributed by atoms with Gasteiger partial charge in [0, 0.05) is 23.4 Å². The van der Waals surface area contributed by atoms with E-state index in [0.29, 0.717) is 17.3 Å². The van der Waals surface area contributed by atoms with Crippen LogP contribution in [0.5, 0.6) is 0 Å². The molecule has 3 aliphatic heterocycles. The van der Waals surface area contributed by atoms with E-state index in [1.165, 1.54) is 29.8 Å². The number of amides is 4. The van der Waals surface area contributed by atoms with Crippen LogP contribution in [0.2, 0.25) is 0 Å². The van der Waals surface area contributed by atoms with Crippen LogP contribution < -0.4 is 9.80 Å².